The number of aromatic nitrogens is 1. The quantitative estimate of drug-likeness (QED) is 0.941. The Kier molecular flexibility index (Phi) is 3.56. The van der Waals surface area contributed by atoms with Crippen LogP contribution in [0.15, 0.2) is 30.5 Å². The Morgan fingerprint density at radius 3 is 2.52 bits per heavy atom. The number of methoxy groups -OCH3 is 2. The fraction of sp³-hybridized carbons (Fsp3) is 0.312. The molecule has 0 bridgehead atoms. The summed E-state index contributed by atoms with van der Waals surface area (Å²) in [5, 5.41) is 0. The molecule has 0 radical (unpaired) electrons. The molecule has 0 aliphatic carbocycles. The minimum atomic E-state index is 0.0282. The van der Waals surface area contributed by atoms with E-state index in [-0.39, 0.29) is 5.91 Å². The van der Waals surface area contributed by atoms with Gasteiger partial charge in [-0.15, -0.1) is 0 Å². The number of ether oxygens (including phenoxy) is 2. The predicted molar refractivity (Wildman–Crippen MR) is 78.8 cm³/mol. The standard InChI is InChI=1S/C16H18N2O3/c1-20-14-8-11-5-7-18(10-12(11)9-15(14)21-2)16(19)13-4-3-6-17-13/h3-4,6,8-9,17H,5,7,10H2,1-2H3. The van der Waals surface area contributed by atoms with Gasteiger partial charge in [0, 0.05) is 19.3 Å². The Bertz CT molecular complexity index is 650. The summed E-state index contributed by atoms with van der Waals surface area (Å²) in [5.74, 6) is 1.46. The van der Waals surface area contributed by atoms with E-state index in [1.54, 1.807) is 26.5 Å². The summed E-state index contributed by atoms with van der Waals surface area (Å²) >= 11 is 0. The van der Waals surface area contributed by atoms with Gasteiger partial charge in [0.2, 0.25) is 0 Å². The number of hydrogen-bond donors (Lipinski definition) is 1. The van der Waals surface area contributed by atoms with Crippen LogP contribution < -0.4 is 9.47 Å². The van der Waals surface area contributed by atoms with Crippen molar-refractivity contribution in [3.8, 4) is 11.5 Å². The predicted octanol–water partition coefficient (Wildman–Crippen LogP) is 2.23. The number of nitrogens with one attached hydrogen (secondary N) is 1. The van der Waals surface area contributed by atoms with Crippen LogP contribution in [0.3, 0.4) is 0 Å². The highest BCUT2D eigenvalue weighted by Crippen LogP contribution is 2.33. The summed E-state index contributed by atoms with van der Waals surface area (Å²) < 4.78 is 10.7. The average Bonchev–Trinajstić information content (AvgIpc) is 3.06. The molecule has 3 rings (SSSR count). The van der Waals surface area contributed by atoms with Crippen LogP contribution in [0.5, 0.6) is 11.5 Å². The minimum Gasteiger partial charge on any atom is -0.493 e. The van der Waals surface area contributed by atoms with Gasteiger partial charge in [0.25, 0.3) is 5.91 Å². The highest BCUT2D eigenvalue weighted by Gasteiger charge is 2.23. The van der Waals surface area contributed by atoms with Gasteiger partial charge < -0.3 is 19.4 Å². The van der Waals surface area contributed by atoms with Gasteiger partial charge in [0.05, 0.1) is 14.2 Å². The maximum absolute atomic E-state index is 12.4. The van der Waals surface area contributed by atoms with Crippen molar-refractivity contribution >= 4 is 5.91 Å². The van der Waals surface area contributed by atoms with Crippen LogP contribution in [0.4, 0.5) is 0 Å². The molecule has 1 aliphatic heterocycles. The van der Waals surface area contributed by atoms with E-state index in [1.807, 2.05) is 23.1 Å². The van der Waals surface area contributed by atoms with E-state index in [0.717, 1.165) is 17.7 Å². The molecule has 0 saturated heterocycles. The maximum atomic E-state index is 12.4. The van der Waals surface area contributed by atoms with Gasteiger partial charge >= 0.3 is 0 Å². The lowest BCUT2D eigenvalue weighted by atomic mass is 9.98. The zero-order chi connectivity index (χ0) is 14.8. The number of carbonyl (C=O) groups is 1. The summed E-state index contributed by atoms with van der Waals surface area (Å²) in [6, 6.07) is 7.60. The van der Waals surface area contributed by atoms with E-state index < -0.39 is 0 Å². The number of amides is 1. The molecule has 0 unspecified atom stereocenters. The first-order chi connectivity index (χ1) is 10.2. The van der Waals surface area contributed by atoms with Crippen molar-refractivity contribution in [1.29, 1.82) is 0 Å². The molecular weight excluding hydrogens is 268 g/mol. The summed E-state index contributed by atoms with van der Waals surface area (Å²) in [5.41, 5.74) is 2.95. The van der Waals surface area contributed by atoms with Crippen molar-refractivity contribution in [2.45, 2.75) is 13.0 Å². The highest BCUT2D eigenvalue weighted by molar-refractivity contribution is 5.92. The first kappa shape index (κ1) is 13.5. The van der Waals surface area contributed by atoms with Crippen molar-refractivity contribution in [2.24, 2.45) is 0 Å². The summed E-state index contributed by atoms with van der Waals surface area (Å²) in [6.07, 6.45) is 2.58. The summed E-state index contributed by atoms with van der Waals surface area (Å²) in [7, 11) is 3.25. The Hall–Kier alpha value is -2.43. The summed E-state index contributed by atoms with van der Waals surface area (Å²) in [4.78, 5) is 17.2. The van der Waals surface area contributed by atoms with Crippen LogP contribution in [0, 0.1) is 0 Å². The number of H-pyrrole nitrogens is 1. The molecule has 1 aliphatic rings. The topological polar surface area (TPSA) is 54.6 Å². The molecule has 5 nitrogen and oxygen atoms in total. The lowest BCUT2D eigenvalue weighted by Crippen LogP contribution is -2.36. The Labute approximate surface area is 123 Å². The van der Waals surface area contributed by atoms with E-state index in [2.05, 4.69) is 4.98 Å². The van der Waals surface area contributed by atoms with Crippen LogP contribution >= 0.6 is 0 Å². The van der Waals surface area contributed by atoms with Crippen LogP contribution in [0.1, 0.15) is 21.6 Å². The molecule has 2 aromatic rings. The molecule has 5 heteroatoms. The van der Waals surface area contributed by atoms with Crippen LogP contribution in [0.2, 0.25) is 0 Å². The Morgan fingerprint density at radius 2 is 1.90 bits per heavy atom. The smallest absolute Gasteiger partial charge is 0.270 e. The fourth-order valence-electron chi connectivity index (χ4n) is 2.69. The second-order valence-electron chi connectivity index (χ2n) is 5.04. The van der Waals surface area contributed by atoms with Crippen molar-refractivity contribution in [1.82, 2.24) is 9.88 Å². The van der Waals surface area contributed by atoms with Crippen molar-refractivity contribution in [3.05, 3.63) is 47.3 Å². The molecule has 0 saturated carbocycles. The van der Waals surface area contributed by atoms with E-state index >= 15 is 0 Å². The van der Waals surface area contributed by atoms with E-state index in [1.165, 1.54) is 5.56 Å². The number of nitrogens with zero attached hydrogens (tertiary/aromatic N) is 1. The van der Waals surface area contributed by atoms with Gasteiger partial charge in [-0.1, -0.05) is 0 Å². The van der Waals surface area contributed by atoms with Crippen molar-refractivity contribution in [3.63, 3.8) is 0 Å². The Balaban J connectivity index is 1.86. The van der Waals surface area contributed by atoms with E-state index in [4.69, 9.17) is 9.47 Å². The van der Waals surface area contributed by atoms with Gasteiger partial charge in [0.1, 0.15) is 5.69 Å². The summed E-state index contributed by atoms with van der Waals surface area (Å²) in [6.45, 7) is 1.30. The fourth-order valence-corrected chi connectivity index (χ4v) is 2.69. The van der Waals surface area contributed by atoms with Crippen LogP contribution in [-0.4, -0.2) is 36.6 Å². The van der Waals surface area contributed by atoms with E-state index in [9.17, 15) is 4.79 Å². The first-order valence-corrected chi connectivity index (χ1v) is 6.89. The molecule has 2 heterocycles. The number of hydrogen-bond acceptors (Lipinski definition) is 3. The number of benzene rings is 1. The molecule has 1 aromatic heterocycles. The molecule has 1 amide bonds. The monoisotopic (exact) mass is 286 g/mol. The molecule has 1 N–H and O–H groups in total. The van der Waals surface area contributed by atoms with Crippen LogP contribution in [0.25, 0.3) is 0 Å². The molecular formula is C16H18N2O3. The lowest BCUT2D eigenvalue weighted by Gasteiger charge is -2.29. The van der Waals surface area contributed by atoms with E-state index in [0.29, 0.717) is 24.5 Å². The van der Waals surface area contributed by atoms with Gasteiger partial charge in [0.15, 0.2) is 11.5 Å². The third-order valence-corrected chi connectivity index (χ3v) is 3.83. The number of rotatable bonds is 3. The second kappa shape index (κ2) is 5.52. The average molecular weight is 286 g/mol. The molecule has 1 aromatic carbocycles. The van der Waals surface area contributed by atoms with Gasteiger partial charge in [-0.2, -0.15) is 0 Å². The highest BCUT2D eigenvalue weighted by atomic mass is 16.5. The minimum absolute atomic E-state index is 0.0282. The van der Waals surface area contributed by atoms with Gasteiger partial charge in [-0.25, -0.2) is 0 Å². The molecule has 21 heavy (non-hydrogen) atoms. The molecule has 0 atom stereocenters. The second-order valence-corrected chi connectivity index (χ2v) is 5.04. The largest absolute Gasteiger partial charge is 0.493 e. The number of carbonyl (C=O) groups excluding carboxylic acids is 1. The normalized spacial score (nSPS) is 13.7. The maximum Gasteiger partial charge on any atom is 0.270 e. The zero-order valence-corrected chi connectivity index (χ0v) is 12.2. The van der Waals surface area contributed by atoms with Gasteiger partial charge in [-0.3, -0.25) is 4.79 Å². The number of aromatic amines is 1. The third kappa shape index (κ3) is 2.46. The molecule has 0 spiro atoms. The molecule has 110 valence electrons. The molecule has 0 fully saturated rings. The van der Waals surface area contributed by atoms with Crippen molar-refractivity contribution in [2.75, 3.05) is 20.8 Å². The van der Waals surface area contributed by atoms with Crippen molar-refractivity contribution < 1.29 is 14.3 Å². The van der Waals surface area contributed by atoms with Gasteiger partial charge in [-0.05, 0) is 41.8 Å². The third-order valence-electron chi connectivity index (χ3n) is 3.83. The zero-order valence-electron chi connectivity index (χ0n) is 12.2. The first-order valence-electron chi connectivity index (χ1n) is 6.89. The number of fused-ring (bicyclic) bond motifs is 1. The van der Waals surface area contributed by atoms with Crippen LogP contribution in [-0.2, 0) is 13.0 Å². The lowest BCUT2D eigenvalue weighted by molar-refractivity contribution is 0.0729. The Morgan fingerprint density at radius 1 is 1.19 bits per heavy atom. The SMILES string of the molecule is COc1cc2c(cc1OC)CN(C(=O)c1ccc[nH]1)CC2.